The van der Waals surface area contributed by atoms with Crippen molar-refractivity contribution in [1.29, 1.82) is 0 Å². The smallest absolute Gasteiger partial charge is 0.0498 e. The number of hydrogen-bond donors (Lipinski definition) is 0. The van der Waals surface area contributed by atoms with E-state index in [0.717, 1.165) is 0 Å². The van der Waals surface area contributed by atoms with Crippen molar-refractivity contribution in [3.63, 3.8) is 0 Å². The van der Waals surface area contributed by atoms with Crippen LogP contribution in [0.3, 0.4) is 0 Å². The van der Waals surface area contributed by atoms with Crippen LogP contribution in [-0.2, 0) is 5.41 Å². The van der Waals surface area contributed by atoms with Gasteiger partial charge < -0.3 is 4.90 Å². The molecule has 0 radical (unpaired) electrons. The van der Waals surface area contributed by atoms with Gasteiger partial charge in [-0.2, -0.15) is 0 Å². The highest BCUT2D eigenvalue weighted by Gasteiger charge is 2.38. The van der Waals surface area contributed by atoms with Gasteiger partial charge in [0.1, 0.15) is 0 Å². The molecule has 1 aliphatic carbocycles. The fraction of sp³-hybridized carbons (Fsp3) is 0.292. The Labute approximate surface area is 156 Å². The van der Waals surface area contributed by atoms with Gasteiger partial charge in [-0.3, -0.25) is 4.98 Å². The zero-order valence-electron chi connectivity index (χ0n) is 16.2. The summed E-state index contributed by atoms with van der Waals surface area (Å²) in [6.07, 6.45) is 3.74. The number of pyridine rings is 1. The van der Waals surface area contributed by atoms with Crippen LogP contribution in [0, 0.1) is 0 Å². The molecule has 0 bridgehead atoms. The first-order valence-corrected chi connectivity index (χ1v) is 9.25. The molecular formula is C24H26N2. The SMILES string of the molecule is CC1(C)c2ccccc2-c2c(N(c3ccncc3)C(C)(C)C)cccc21. The first-order valence-electron chi connectivity index (χ1n) is 9.25. The van der Waals surface area contributed by atoms with Crippen molar-refractivity contribution in [2.75, 3.05) is 4.90 Å². The molecule has 4 rings (SSSR count). The predicted molar refractivity (Wildman–Crippen MR) is 110 cm³/mol. The van der Waals surface area contributed by atoms with Crippen LogP contribution in [0.4, 0.5) is 11.4 Å². The van der Waals surface area contributed by atoms with Crippen molar-refractivity contribution in [3.05, 3.63) is 78.1 Å². The Hall–Kier alpha value is -2.61. The summed E-state index contributed by atoms with van der Waals surface area (Å²) in [5, 5.41) is 0. The minimum atomic E-state index is -0.0574. The van der Waals surface area contributed by atoms with E-state index in [9.17, 15) is 0 Å². The van der Waals surface area contributed by atoms with E-state index in [0.29, 0.717) is 0 Å². The Morgan fingerprint density at radius 1 is 0.808 bits per heavy atom. The average Bonchev–Trinajstić information content (AvgIpc) is 2.84. The average molecular weight is 342 g/mol. The Balaban J connectivity index is 2.03. The molecule has 1 aromatic heterocycles. The highest BCUT2D eigenvalue weighted by Crippen LogP contribution is 2.53. The van der Waals surface area contributed by atoms with Gasteiger partial charge in [-0.15, -0.1) is 0 Å². The Morgan fingerprint density at radius 2 is 1.46 bits per heavy atom. The molecular weight excluding hydrogens is 316 g/mol. The molecule has 0 fully saturated rings. The molecule has 0 spiro atoms. The van der Waals surface area contributed by atoms with E-state index < -0.39 is 0 Å². The normalized spacial score (nSPS) is 14.7. The molecule has 0 unspecified atom stereocenters. The predicted octanol–water partition coefficient (Wildman–Crippen LogP) is 6.32. The minimum Gasteiger partial charge on any atom is -0.335 e. The molecule has 1 aliphatic rings. The van der Waals surface area contributed by atoms with E-state index in [2.05, 4.69) is 99.1 Å². The maximum Gasteiger partial charge on any atom is 0.0498 e. The molecule has 3 aromatic rings. The zero-order chi connectivity index (χ0) is 18.5. The van der Waals surface area contributed by atoms with Crippen molar-refractivity contribution < 1.29 is 0 Å². The number of benzene rings is 2. The van der Waals surface area contributed by atoms with Crippen molar-refractivity contribution in [1.82, 2.24) is 4.98 Å². The number of aromatic nitrogens is 1. The largest absolute Gasteiger partial charge is 0.335 e. The van der Waals surface area contributed by atoms with Gasteiger partial charge in [0.25, 0.3) is 0 Å². The third-order valence-corrected chi connectivity index (χ3v) is 5.42. The molecule has 1 heterocycles. The van der Waals surface area contributed by atoms with Gasteiger partial charge >= 0.3 is 0 Å². The van der Waals surface area contributed by atoms with Crippen LogP contribution in [0.5, 0.6) is 0 Å². The van der Waals surface area contributed by atoms with Crippen molar-refractivity contribution in [3.8, 4) is 11.1 Å². The van der Waals surface area contributed by atoms with Crippen LogP contribution in [-0.4, -0.2) is 10.5 Å². The molecule has 2 aromatic carbocycles. The van der Waals surface area contributed by atoms with Crippen LogP contribution >= 0.6 is 0 Å². The van der Waals surface area contributed by atoms with Crippen molar-refractivity contribution in [2.24, 2.45) is 0 Å². The fourth-order valence-corrected chi connectivity index (χ4v) is 4.30. The molecule has 2 heteroatoms. The molecule has 0 atom stereocenters. The van der Waals surface area contributed by atoms with E-state index in [-0.39, 0.29) is 11.0 Å². The van der Waals surface area contributed by atoms with E-state index in [1.165, 1.54) is 33.6 Å². The summed E-state index contributed by atoms with van der Waals surface area (Å²) >= 11 is 0. The molecule has 0 saturated carbocycles. The van der Waals surface area contributed by atoms with Crippen molar-refractivity contribution in [2.45, 2.75) is 45.6 Å². The number of hydrogen-bond acceptors (Lipinski definition) is 2. The Morgan fingerprint density at radius 3 is 2.15 bits per heavy atom. The van der Waals surface area contributed by atoms with E-state index in [1.54, 1.807) is 0 Å². The van der Waals surface area contributed by atoms with Gasteiger partial charge in [0.15, 0.2) is 0 Å². The van der Waals surface area contributed by atoms with Crippen LogP contribution in [0.25, 0.3) is 11.1 Å². The molecule has 0 amide bonds. The van der Waals surface area contributed by atoms with Gasteiger partial charge in [0.05, 0.1) is 0 Å². The summed E-state index contributed by atoms with van der Waals surface area (Å²) in [7, 11) is 0. The maximum atomic E-state index is 4.21. The third-order valence-electron chi connectivity index (χ3n) is 5.42. The molecule has 26 heavy (non-hydrogen) atoms. The molecule has 0 saturated heterocycles. The highest BCUT2D eigenvalue weighted by atomic mass is 15.2. The highest BCUT2D eigenvalue weighted by molar-refractivity contribution is 5.92. The summed E-state index contributed by atoms with van der Waals surface area (Å²) in [5.74, 6) is 0. The molecule has 0 N–H and O–H groups in total. The number of fused-ring (bicyclic) bond motifs is 3. The lowest BCUT2D eigenvalue weighted by Crippen LogP contribution is -2.38. The summed E-state index contributed by atoms with van der Waals surface area (Å²) < 4.78 is 0. The third kappa shape index (κ3) is 2.44. The van der Waals surface area contributed by atoms with Crippen LogP contribution in [0.15, 0.2) is 67.0 Å². The van der Waals surface area contributed by atoms with Crippen molar-refractivity contribution >= 4 is 11.4 Å². The maximum absolute atomic E-state index is 4.21. The van der Waals surface area contributed by atoms with Crippen LogP contribution in [0.2, 0.25) is 0 Å². The number of anilines is 2. The standard InChI is InChI=1S/C24H26N2/c1-23(2,3)26(17-13-15-25-16-14-17)21-12-8-11-20-22(21)18-9-6-7-10-19(18)24(20,4)5/h6-16H,1-5H3. The van der Waals surface area contributed by atoms with Gasteiger partial charge in [-0.1, -0.05) is 50.2 Å². The molecule has 0 aliphatic heterocycles. The van der Waals surface area contributed by atoms with E-state index in [4.69, 9.17) is 0 Å². The number of nitrogens with zero attached hydrogens (tertiary/aromatic N) is 2. The van der Waals surface area contributed by atoms with E-state index in [1.807, 2.05) is 12.4 Å². The fourth-order valence-electron chi connectivity index (χ4n) is 4.30. The second kappa shape index (κ2) is 5.70. The topological polar surface area (TPSA) is 16.1 Å². The summed E-state index contributed by atoms with van der Waals surface area (Å²) in [6, 6.07) is 19.8. The van der Waals surface area contributed by atoms with E-state index >= 15 is 0 Å². The monoisotopic (exact) mass is 342 g/mol. The minimum absolute atomic E-state index is 0.0176. The molecule has 132 valence electrons. The lowest BCUT2D eigenvalue weighted by atomic mass is 9.82. The van der Waals surface area contributed by atoms with Gasteiger partial charge in [0.2, 0.25) is 0 Å². The summed E-state index contributed by atoms with van der Waals surface area (Å²) in [6.45, 7) is 11.4. The zero-order valence-corrected chi connectivity index (χ0v) is 16.2. The second-order valence-corrected chi connectivity index (χ2v) is 8.58. The number of rotatable bonds is 2. The van der Waals surface area contributed by atoms with Gasteiger partial charge in [0, 0.05) is 40.3 Å². The summed E-state index contributed by atoms with van der Waals surface area (Å²) in [5.41, 5.74) is 7.92. The quantitative estimate of drug-likeness (QED) is 0.541. The first-order chi connectivity index (χ1) is 12.3. The first kappa shape index (κ1) is 16.8. The lowest BCUT2D eigenvalue weighted by molar-refractivity contribution is 0.560. The summed E-state index contributed by atoms with van der Waals surface area (Å²) in [4.78, 5) is 6.64. The molecule has 2 nitrogen and oxygen atoms in total. The Bertz CT molecular complexity index is 949. The van der Waals surface area contributed by atoms with Crippen LogP contribution < -0.4 is 4.90 Å². The lowest BCUT2D eigenvalue weighted by Gasteiger charge is -2.39. The Kier molecular flexibility index (Phi) is 3.69. The van der Waals surface area contributed by atoms with Gasteiger partial charge in [-0.05, 0) is 55.7 Å². The van der Waals surface area contributed by atoms with Crippen LogP contribution in [0.1, 0.15) is 45.7 Å². The van der Waals surface area contributed by atoms with Gasteiger partial charge in [-0.25, -0.2) is 0 Å². The second-order valence-electron chi connectivity index (χ2n) is 8.58.